The summed E-state index contributed by atoms with van der Waals surface area (Å²) in [6.45, 7) is 1.51. The molecule has 1 aromatic rings. The minimum atomic E-state index is -0.440. The van der Waals surface area contributed by atoms with E-state index < -0.39 is 5.82 Å². The second-order valence-electron chi connectivity index (χ2n) is 3.54. The molecular weight excluding hydrogens is 211 g/mol. The lowest BCUT2D eigenvalue weighted by Gasteiger charge is -2.02. The topological polar surface area (TPSA) is 43.4 Å². The second-order valence-corrected chi connectivity index (χ2v) is 3.54. The summed E-state index contributed by atoms with van der Waals surface area (Å²) in [7, 11) is 1.38. The van der Waals surface area contributed by atoms with Gasteiger partial charge in [0.2, 0.25) is 0 Å². The summed E-state index contributed by atoms with van der Waals surface area (Å²) in [4.78, 5) is 22.7. The molecule has 0 saturated carbocycles. The third-order valence-corrected chi connectivity index (χ3v) is 2.16. The molecule has 0 N–H and O–H groups in total. The van der Waals surface area contributed by atoms with Crippen LogP contribution in [0.5, 0.6) is 0 Å². The number of carbonyl (C=O) groups is 2. The molecule has 1 aromatic carbocycles. The van der Waals surface area contributed by atoms with E-state index in [1.165, 1.54) is 19.2 Å². The van der Waals surface area contributed by atoms with Gasteiger partial charge in [-0.15, -0.1) is 0 Å². The number of Topliss-reactive ketones (excluding diaryl/α,β-unsaturated/α-hetero) is 2. The lowest BCUT2D eigenvalue weighted by atomic mass is 10.0. The van der Waals surface area contributed by atoms with Crippen LogP contribution in [0.3, 0.4) is 0 Å². The minimum Gasteiger partial charge on any atom is -0.377 e. The molecule has 0 spiro atoms. The average molecular weight is 224 g/mol. The summed E-state index contributed by atoms with van der Waals surface area (Å²) in [5.41, 5.74) is 0.687. The summed E-state index contributed by atoms with van der Waals surface area (Å²) in [5, 5.41) is 0. The lowest BCUT2D eigenvalue weighted by molar-refractivity contribution is -0.121. The second kappa shape index (κ2) is 5.51. The molecule has 16 heavy (non-hydrogen) atoms. The number of halogens is 1. The maximum Gasteiger partial charge on any atom is 0.170 e. The zero-order valence-corrected chi connectivity index (χ0v) is 9.25. The largest absolute Gasteiger partial charge is 0.377 e. The number of hydrogen-bond donors (Lipinski definition) is 0. The van der Waals surface area contributed by atoms with E-state index in [4.69, 9.17) is 0 Å². The number of ether oxygens (including phenoxy) is 1. The van der Waals surface area contributed by atoms with Crippen LogP contribution in [-0.2, 0) is 9.53 Å². The molecule has 0 bridgehead atoms. The Morgan fingerprint density at radius 3 is 2.62 bits per heavy atom. The molecule has 1 rings (SSSR count). The fourth-order valence-corrected chi connectivity index (χ4v) is 1.26. The molecule has 86 valence electrons. The third-order valence-electron chi connectivity index (χ3n) is 2.16. The van der Waals surface area contributed by atoms with Gasteiger partial charge in [-0.25, -0.2) is 4.39 Å². The first-order valence-electron chi connectivity index (χ1n) is 4.84. The van der Waals surface area contributed by atoms with E-state index in [9.17, 15) is 14.0 Å². The molecule has 0 heterocycles. The molecule has 0 saturated heterocycles. The Kier molecular flexibility index (Phi) is 4.31. The first-order chi connectivity index (χ1) is 7.54. The maximum atomic E-state index is 13.2. The number of aryl methyl sites for hydroxylation is 1. The Labute approximate surface area is 93.2 Å². The van der Waals surface area contributed by atoms with Crippen LogP contribution >= 0.6 is 0 Å². The first-order valence-corrected chi connectivity index (χ1v) is 4.84. The highest BCUT2D eigenvalue weighted by atomic mass is 19.1. The molecule has 0 aromatic heterocycles. The third kappa shape index (κ3) is 3.24. The highest BCUT2D eigenvalue weighted by Gasteiger charge is 2.12. The summed E-state index contributed by atoms with van der Waals surface area (Å²) in [6, 6.07) is 4.18. The van der Waals surface area contributed by atoms with Crippen LogP contribution in [0, 0.1) is 12.7 Å². The standard InChI is InChI=1S/C12H13FO3/c1-8-3-4-9(5-11(8)13)12(15)6-10(14)7-16-2/h3-5H,6-7H2,1-2H3. The van der Waals surface area contributed by atoms with Crippen LogP contribution in [0.1, 0.15) is 22.3 Å². The van der Waals surface area contributed by atoms with Gasteiger partial charge in [0.05, 0.1) is 6.42 Å². The highest BCUT2D eigenvalue weighted by molar-refractivity contribution is 6.08. The van der Waals surface area contributed by atoms with Crippen molar-refractivity contribution in [1.82, 2.24) is 0 Å². The van der Waals surface area contributed by atoms with Crippen molar-refractivity contribution in [3.63, 3.8) is 0 Å². The molecule has 0 aliphatic heterocycles. The van der Waals surface area contributed by atoms with Crippen LogP contribution in [0.4, 0.5) is 4.39 Å². The number of carbonyl (C=O) groups excluding carboxylic acids is 2. The van der Waals surface area contributed by atoms with Gasteiger partial charge in [-0.2, -0.15) is 0 Å². The predicted octanol–water partition coefficient (Wildman–Crippen LogP) is 1.92. The van der Waals surface area contributed by atoms with Gasteiger partial charge in [0, 0.05) is 12.7 Å². The summed E-state index contributed by atoms with van der Waals surface area (Å²) >= 11 is 0. The Balaban J connectivity index is 2.73. The molecule has 3 nitrogen and oxygen atoms in total. The Morgan fingerprint density at radius 1 is 1.38 bits per heavy atom. The van der Waals surface area contributed by atoms with Gasteiger partial charge in [0.15, 0.2) is 11.6 Å². The van der Waals surface area contributed by atoms with Crippen molar-refractivity contribution in [1.29, 1.82) is 0 Å². The Bertz CT molecular complexity index is 413. The Hall–Kier alpha value is -1.55. The van der Waals surface area contributed by atoms with Crippen molar-refractivity contribution in [3.8, 4) is 0 Å². The summed E-state index contributed by atoms with van der Waals surface area (Å²) in [5.74, 6) is -1.14. The number of methoxy groups -OCH3 is 1. The molecule has 4 heteroatoms. The number of hydrogen-bond acceptors (Lipinski definition) is 3. The van der Waals surface area contributed by atoms with Crippen LogP contribution in [0.25, 0.3) is 0 Å². The quantitative estimate of drug-likeness (QED) is 0.567. The smallest absolute Gasteiger partial charge is 0.170 e. The Morgan fingerprint density at radius 2 is 2.06 bits per heavy atom. The molecular formula is C12H13FO3. The van der Waals surface area contributed by atoms with Gasteiger partial charge < -0.3 is 4.74 Å². The number of rotatable bonds is 5. The van der Waals surface area contributed by atoms with E-state index in [0.717, 1.165) is 6.07 Å². The van der Waals surface area contributed by atoms with Gasteiger partial charge in [0.25, 0.3) is 0 Å². The van der Waals surface area contributed by atoms with E-state index >= 15 is 0 Å². The van der Waals surface area contributed by atoms with Crippen LogP contribution in [-0.4, -0.2) is 25.3 Å². The predicted molar refractivity (Wildman–Crippen MR) is 57.0 cm³/mol. The monoisotopic (exact) mass is 224 g/mol. The minimum absolute atomic E-state index is 0.0971. The van der Waals surface area contributed by atoms with Crippen molar-refractivity contribution in [2.45, 2.75) is 13.3 Å². The zero-order chi connectivity index (χ0) is 12.1. The lowest BCUT2D eigenvalue weighted by Crippen LogP contribution is -2.13. The number of benzene rings is 1. The van der Waals surface area contributed by atoms with E-state index in [0.29, 0.717) is 5.56 Å². The van der Waals surface area contributed by atoms with E-state index in [1.807, 2.05) is 0 Å². The normalized spacial score (nSPS) is 10.2. The van der Waals surface area contributed by atoms with E-state index in [1.54, 1.807) is 6.92 Å². The van der Waals surface area contributed by atoms with E-state index in [-0.39, 0.29) is 30.2 Å². The van der Waals surface area contributed by atoms with Crippen molar-refractivity contribution >= 4 is 11.6 Å². The maximum absolute atomic E-state index is 13.2. The fourth-order valence-electron chi connectivity index (χ4n) is 1.26. The van der Waals surface area contributed by atoms with Gasteiger partial charge in [-0.3, -0.25) is 9.59 Å². The molecule has 0 fully saturated rings. The SMILES string of the molecule is COCC(=O)CC(=O)c1ccc(C)c(F)c1. The van der Waals surface area contributed by atoms with Crippen molar-refractivity contribution in [2.75, 3.05) is 13.7 Å². The van der Waals surface area contributed by atoms with E-state index in [2.05, 4.69) is 4.74 Å². The van der Waals surface area contributed by atoms with Crippen LogP contribution < -0.4 is 0 Å². The average Bonchev–Trinajstić information content (AvgIpc) is 2.22. The van der Waals surface area contributed by atoms with Crippen LogP contribution in [0.2, 0.25) is 0 Å². The highest BCUT2D eigenvalue weighted by Crippen LogP contribution is 2.11. The molecule has 0 amide bonds. The van der Waals surface area contributed by atoms with Crippen LogP contribution in [0.15, 0.2) is 18.2 Å². The molecule has 0 aliphatic rings. The van der Waals surface area contributed by atoms with Gasteiger partial charge in [-0.05, 0) is 18.6 Å². The zero-order valence-electron chi connectivity index (χ0n) is 9.25. The van der Waals surface area contributed by atoms with Gasteiger partial charge in [0.1, 0.15) is 12.4 Å². The van der Waals surface area contributed by atoms with Crippen molar-refractivity contribution in [3.05, 3.63) is 35.1 Å². The molecule has 0 aliphatic carbocycles. The summed E-state index contributed by atoms with van der Waals surface area (Å²) in [6.07, 6.45) is -0.254. The summed E-state index contributed by atoms with van der Waals surface area (Å²) < 4.78 is 17.8. The van der Waals surface area contributed by atoms with Crippen molar-refractivity contribution in [2.24, 2.45) is 0 Å². The van der Waals surface area contributed by atoms with Gasteiger partial charge >= 0.3 is 0 Å². The molecule has 0 unspecified atom stereocenters. The number of ketones is 2. The fraction of sp³-hybridized carbons (Fsp3) is 0.333. The molecule has 0 radical (unpaired) electrons. The molecule has 0 atom stereocenters. The first kappa shape index (κ1) is 12.5. The van der Waals surface area contributed by atoms with Gasteiger partial charge in [-0.1, -0.05) is 12.1 Å². The van der Waals surface area contributed by atoms with Crippen molar-refractivity contribution < 1.29 is 18.7 Å².